The molecule has 6 heteroatoms. The number of hydrogen-bond donors (Lipinski definition) is 1. The Morgan fingerprint density at radius 3 is 2.83 bits per heavy atom. The number of aromatic nitrogens is 1. The van der Waals surface area contributed by atoms with Crippen LogP contribution in [-0.2, 0) is 9.59 Å². The Balaban J connectivity index is 1.68. The van der Waals surface area contributed by atoms with E-state index in [1.165, 1.54) is 0 Å². The highest BCUT2D eigenvalue weighted by atomic mass is 16.2. The van der Waals surface area contributed by atoms with E-state index >= 15 is 0 Å². The molecule has 0 aliphatic carbocycles. The van der Waals surface area contributed by atoms with Crippen LogP contribution in [0, 0.1) is 0 Å². The summed E-state index contributed by atoms with van der Waals surface area (Å²) in [5.41, 5.74) is 1.89. The predicted molar refractivity (Wildman–Crippen MR) is 94.9 cm³/mol. The molecule has 24 heavy (non-hydrogen) atoms. The molecule has 2 heterocycles. The third kappa shape index (κ3) is 3.33. The number of piperazine rings is 1. The Kier molecular flexibility index (Phi) is 4.66. The lowest BCUT2D eigenvalue weighted by atomic mass is 10.2. The average molecular weight is 326 g/mol. The van der Waals surface area contributed by atoms with Crippen LogP contribution in [0.15, 0.2) is 42.6 Å². The molecule has 1 saturated heterocycles. The minimum atomic E-state index is -0.108. The van der Waals surface area contributed by atoms with Crippen molar-refractivity contribution in [2.45, 2.75) is 0 Å². The van der Waals surface area contributed by atoms with Crippen molar-refractivity contribution < 1.29 is 9.59 Å². The summed E-state index contributed by atoms with van der Waals surface area (Å²) >= 11 is 0. The number of carbonyl (C=O) groups is 2. The van der Waals surface area contributed by atoms with Crippen molar-refractivity contribution in [1.29, 1.82) is 0 Å². The maximum Gasteiger partial charge on any atom is 0.246 e. The molecule has 0 bridgehead atoms. The predicted octanol–water partition coefficient (Wildman–Crippen LogP) is 1.46. The molecule has 2 aromatic rings. The quantitative estimate of drug-likeness (QED) is 0.866. The number of aromatic amines is 1. The van der Waals surface area contributed by atoms with Gasteiger partial charge in [0.25, 0.3) is 0 Å². The molecule has 1 aromatic heterocycles. The highest BCUT2D eigenvalue weighted by Gasteiger charge is 2.28. The van der Waals surface area contributed by atoms with Gasteiger partial charge in [0.1, 0.15) is 6.54 Å². The average Bonchev–Trinajstić information content (AvgIpc) is 2.98. The van der Waals surface area contributed by atoms with Gasteiger partial charge in [0, 0.05) is 42.8 Å². The first-order valence-electron chi connectivity index (χ1n) is 8.03. The van der Waals surface area contributed by atoms with E-state index in [2.05, 4.69) is 4.98 Å². The van der Waals surface area contributed by atoms with E-state index < -0.39 is 0 Å². The van der Waals surface area contributed by atoms with E-state index in [1.807, 2.05) is 55.5 Å². The third-order valence-corrected chi connectivity index (χ3v) is 4.12. The van der Waals surface area contributed by atoms with Crippen molar-refractivity contribution in [2.24, 2.45) is 0 Å². The summed E-state index contributed by atoms with van der Waals surface area (Å²) in [6.45, 7) is 1.87. The molecule has 0 radical (unpaired) electrons. The fourth-order valence-electron chi connectivity index (χ4n) is 2.87. The van der Waals surface area contributed by atoms with E-state index in [-0.39, 0.29) is 18.4 Å². The zero-order chi connectivity index (χ0) is 17.1. The summed E-state index contributed by atoms with van der Waals surface area (Å²) in [7, 11) is 3.89. The molecule has 2 amide bonds. The Morgan fingerprint density at radius 2 is 2.08 bits per heavy atom. The van der Waals surface area contributed by atoms with Crippen molar-refractivity contribution in [1.82, 2.24) is 14.8 Å². The van der Waals surface area contributed by atoms with Gasteiger partial charge in [-0.25, -0.2) is 0 Å². The number of para-hydroxylation sites is 1. The summed E-state index contributed by atoms with van der Waals surface area (Å²) in [6, 6.07) is 7.90. The highest BCUT2D eigenvalue weighted by molar-refractivity contribution is 6.05. The van der Waals surface area contributed by atoms with Gasteiger partial charge in [-0.05, 0) is 20.2 Å². The minimum Gasteiger partial charge on any atom is -0.359 e. The van der Waals surface area contributed by atoms with Gasteiger partial charge >= 0.3 is 0 Å². The van der Waals surface area contributed by atoms with Crippen LogP contribution in [0.1, 0.15) is 0 Å². The number of rotatable bonds is 4. The van der Waals surface area contributed by atoms with Crippen molar-refractivity contribution >= 4 is 28.4 Å². The van der Waals surface area contributed by atoms with Crippen LogP contribution in [0.25, 0.3) is 10.9 Å². The first kappa shape index (κ1) is 16.3. The SMILES string of the molecule is CN(C)C/C=C/C(=O)N1CCN(c2c[nH]c3ccccc23)C(=O)C1. The van der Waals surface area contributed by atoms with Crippen molar-refractivity contribution in [3.63, 3.8) is 0 Å². The number of likely N-dealkylation sites (N-methyl/N-ethyl adjacent to an activating group) is 1. The maximum atomic E-state index is 12.5. The van der Waals surface area contributed by atoms with Crippen LogP contribution in [0.3, 0.4) is 0 Å². The fourth-order valence-corrected chi connectivity index (χ4v) is 2.87. The number of hydrogen-bond acceptors (Lipinski definition) is 3. The van der Waals surface area contributed by atoms with Gasteiger partial charge in [-0.15, -0.1) is 0 Å². The van der Waals surface area contributed by atoms with Crippen LogP contribution in [-0.4, -0.2) is 66.9 Å². The van der Waals surface area contributed by atoms with Crippen LogP contribution in [0.5, 0.6) is 0 Å². The summed E-state index contributed by atoms with van der Waals surface area (Å²) in [4.78, 5) is 33.2. The maximum absolute atomic E-state index is 12.5. The largest absolute Gasteiger partial charge is 0.359 e. The number of fused-ring (bicyclic) bond motifs is 1. The Bertz CT molecular complexity index is 778. The zero-order valence-electron chi connectivity index (χ0n) is 14.0. The van der Waals surface area contributed by atoms with Gasteiger partial charge in [-0.3, -0.25) is 9.59 Å². The van der Waals surface area contributed by atoms with Crippen molar-refractivity contribution in [3.05, 3.63) is 42.6 Å². The molecule has 1 aliphatic heterocycles. The number of anilines is 1. The number of nitrogens with zero attached hydrogens (tertiary/aromatic N) is 3. The molecule has 1 fully saturated rings. The van der Waals surface area contributed by atoms with E-state index in [4.69, 9.17) is 0 Å². The summed E-state index contributed by atoms with van der Waals surface area (Å²) in [5.74, 6) is -0.163. The smallest absolute Gasteiger partial charge is 0.246 e. The van der Waals surface area contributed by atoms with E-state index in [0.717, 1.165) is 16.6 Å². The molecule has 0 saturated carbocycles. The summed E-state index contributed by atoms with van der Waals surface area (Å²) < 4.78 is 0. The molecule has 3 rings (SSSR count). The standard InChI is InChI=1S/C18H22N4O2/c1-20(2)9-5-8-17(23)21-10-11-22(18(24)13-21)16-12-19-15-7-4-3-6-14(15)16/h3-8,12,19H,9-11,13H2,1-2H3/b8-5+. The van der Waals surface area contributed by atoms with Crippen molar-refractivity contribution in [3.8, 4) is 0 Å². The normalized spacial score (nSPS) is 15.9. The number of benzene rings is 1. The van der Waals surface area contributed by atoms with E-state index in [1.54, 1.807) is 15.9 Å². The third-order valence-electron chi connectivity index (χ3n) is 4.12. The summed E-state index contributed by atoms with van der Waals surface area (Å²) in [5, 5.41) is 1.02. The molecular formula is C18H22N4O2. The van der Waals surface area contributed by atoms with Gasteiger partial charge in [0.2, 0.25) is 11.8 Å². The first-order chi connectivity index (χ1) is 11.6. The molecule has 126 valence electrons. The molecular weight excluding hydrogens is 304 g/mol. The highest BCUT2D eigenvalue weighted by Crippen LogP contribution is 2.27. The van der Waals surface area contributed by atoms with E-state index in [9.17, 15) is 9.59 Å². The molecule has 1 aliphatic rings. The second kappa shape index (κ2) is 6.88. The zero-order valence-corrected chi connectivity index (χ0v) is 14.0. The molecule has 0 unspecified atom stereocenters. The number of H-pyrrole nitrogens is 1. The molecule has 0 spiro atoms. The first-order valence-corrected chi connectivity index (χ1v) is 8.03. The van der Waals surface area contributed by atoms with Crippen LogP contribution < -0.4 is 4.90 Å². The fraction of sp³-hybridized carbons (Fsp3) is 0.333. The topological polar surface area (TPSA) is 59.7 Å². The van der Waals surface area contributed by atoms with Crippen LogP contribution in [0.4, 0.5) is 5.69 Å². The van der Waals surface area contributed by atoms with Gasteiger partial charge < -0.3 is 19.7 Å². The number of carbonyl (C=O) groups excluding carboxylic acids is 2. The van der Waals surface area contributed by atoms with Gasteiger partial charge in [0.05, 0.1) is 5.69 Å². The van der Waals surface area contributed by atoms with Gasteiger partial charge in [-0.1, -0.05) is 24.3 Å². The Hall–Kier alpha value is -2.60. The summed E-state index contributed by atoms with van der Waals surface area (Å²) in [6.07, 6.45) is 5.23. The lowest BCUT2D eigenvalue weighted by Gasteiger charge is -2.33. The van der Waals surface area contributed by atoms with E-state index in [0.29, 0.717) is 19.6 Å². The minimum absolute atomic E-state index is 0.0552. The van der Waals surface area contributed by atoms with Gasteiger partial charge in [0.15, 0.2) is 0 Å². The molecule has 6 nitrogen and oxygen atoms in total. The molecule has 1 N–H and O–H groups in total. The lowest BCUT2D eigenvalue weighted by Crippen LogP contribution is -2.52. The lowest BCUT2D eigenvalue weighted by molar-refractivity contribution is -0.133. The molecule has 1 aromatic carbocycles. The number of nitrogens with one attached hydrogen (secondary N) is 1. The van der Waals surface area contributed by atoms with Gasteiger partial charge in [-0.2, -0.15) is 0 Å². The Morgan fingerprint density at radius 1 is 1.29 bits per heavy atom. The van der Waals surface area contributed by atoms with Crippen LogP contribution in [0.2, 0.25) is 0 Å². The van der Waals surface area contributed by atoms with Crippen molar-refractivity contribution in [2.75, 3.05) is 45.2 Å². The molecule has 0 atom stereocenters. The monoisotopic (exact) mass is 326 g/mol. The number of amides is 2. The van der Waals surface area contributed by atoms with Crippen LogP contribution >= 0.6 is 0 Å². The second-order valence-electron chi connectivity index (χ2n) is 6.19. The second-order valence-corrected chi connectivity index (χ2v) is 6.19. The Labute approximate surface area is 141 Å².